The lowest BCUT2D eigenvalue weighted by atomic mass is 9.78. The van der Waals surface area contributed by atoms with Crippen LogP contribution in [0.25, 0.3) is 0 Å². The SMILES string of the molecule is Cc1ccc(S(=O)(=O)N2CC3(NC(=O)OC(C)(C)C)CC2C3)cc1. The number of sulfonamides is 1. The van der Waals surface area contributed by atoms with Crippen molar-refractivity contribution in [3.05, 3.63) is 29.8 Å². The lowest BCUT2D eigenvalue weighted by molar-refractivity contribution is 0.0427. The van der Waals surface area contributed by atoms with Crippen LogP contribution in [0.5, 0.6) is 0 Å². The van der Waals surface area contributed by atoms with E-state index >= 15 is 0 Å². The van der Waals surface area contributed by atoms with Crippen LogP contribution in [0.1, 0.15) is 39.2 Å². The molecule has 2 saturated heterocycles. The van der Waals surface area contributed by atoms with E-state index in [1.165, 1.54) is 4.31 Å². The molecule has 24 heavy (non-hydrogen) atoms. The Balaban J connectivity index is 1.71. The second-order valence-electron chi connectivity index (χ2n) is 7.83. The van der Waals surface area contributed by atoms with E-state index in [1.54, 1.807) is 45.0 Å². The second kappa shape index (κ2) is 5.46. The molecule has 3 aliphatic rings. The molecule has 7 heteroatoms. The molecule has 3 fully saturated rings. The molecule has 1 amide bonds. The summed E-state index contributed by atoms with van der Waals surface area (Å²) in [7, 11) is -3.53. The van der Waals surface area contributed by atoms with Gasteiger partial charge >= 0.3 is 6.09 Å². The van der Waals surface area contributed by atoms with Crippen molar-refractivity contribution in [2.24, 2.45) is 0 Å². The van der Waals surface area contributed by atoms with Crippen LogP contribution in [0.3, 0.4) is 0 Å². The normalized spacial score (nSPS) is 26.8. The first-order chi connectivity index (χ1) is 11.0. The van der Waals surface area contributed by atoms with E-state index in [1.807, 2.05) is 6.92 Å². The van der Waals surface area contributed by atoms with E-state index in [4.69, 9.17) is 4.74 Å². The van der Waals surface area contributed by atoms with Crippen molar-refractivity contribution >= 4 is 16.1 Å². The van der Waals surface area contributed by atoms with Crippen molar-refractivity contribution in [3.8, 4) is 0 Å². The van der Waals surface area contributed by atoms with Crippen molar-refractivity contribution in [2.45, 2.75) is 62.6 Å². The molecule has 0 aromatic heterocycles. The molecule has 0 radical (unpaired) electrons. The summed E-state index contributed by atoms with van der Waals surface area (Å²) in [6.07, 6.45) is 0.782. The number of nitrogens with zero attached hydrogens (tertiary/aromatic N) is 1. The molecule has 0 unspecified atom stereocenters. The van der Waals surface area contributed by atoms with Crippen molar-refractivity contribution in [3.63, 3.8) is 0 Å². The molecule has 1 aliphatic carbocycles. The van der Waals surface area contributed by atoms with Crippen LogP contribution in [0.2, 0.25) is 0 Å². The van der Waals surface area contributed by atoms with Gasteiger partial charge in [-0.1, -0.05) is 17.7 Å². The molecule has 4 rings (SSSR count). The summed E-state index contributed by atoms with van der Waals surface area (Å²) in [4.78, 5) is 12.3. The number of benzene rings is 1. The summed E-state index contributed by atoms with van der Waals surface area (Å²) in [5.41, 5.74) is -0.0521. The van der Waals surface area contributed by atoms with Crippen LogP contribution in [0.15, 0.2) is 29.2 Å². The van der Waals surface area contributed by atoms with Gasteiger partial charge in [0, 0.05) is 12.6 Å². The van der Waals surface area contributed by atoms with Gasteiger partial charge in [0.25, 0.3) is 0 Å². The van der Waals surface area contributed by atoms with Crippen LogP contribution in [-0.2, 0) is 14.8 Å². The molecule has 1 aromatic carbocycles. The number of fused-ring (bicyclic) bond motifs is 1. The molecule has 2 heterocycles. The molecule has 1 saturated carbocycles. The zero-order valence-corrected chi connectivity index (χ0v) is 15.3. The number of carbonyl (C=O) groups is 1. The Morgan fingerprint density at radius 1 is 1.25 bits per heavy atom. The maximum Gasteiger partial charge on any atom is 0.408 e. The van der Waals surface area contributed by atoms with E-state index in [0.29, 0.717) is 24.3 Å². The predicted molar refractivity (Wildman–Crippen MR) is 90.2 cm³/mol. The Kier molecular flexibility index (Phi) is 3.92. The van der Waals surface area contributed by atoms with Gasteiger partial charge < -0.3 is 10.1 Å². The third-order valence-electron chi connectivity index (χ3n) is 4.51. The molecule has 2 aliphatic heterocycles. The Labute approximate surface area is 143 Å². The number of carbonyl (C=O) groups excluding carboxylic acids is 1. The van der Waals surface area contributed by atoms with Gasteiger partial charge in [-0.05, 0) is 52.7 Å². The van der Waals surface area contributed by atoms with Crippen LogP contribution in [0, 0.1) is 6.92 Å². The van der Waals surface area contributed by atoms with Gasteiger partial charge in [-0.2, -0.15) is 4.31 Å². The minimum atomic E-state index is -3.53. The van der Waals surface area contributed by atoms with Gasteiger partial charge in [0.15, 0.2) is 0 Å². The summed E-state index contributed by atoms with van der Waals surface area (Å²) in [5, 5.41) is 2.87. The first-order valence-corrected chi connectivity index (χ1v) is 9.55. The van der Waals surface area contributed by atoms with Crippen LogP contribution >= 0.6 is 0 Å². The van der Waals surface area contributed by atoms with Gasteiger partial charge in [0.1, 0.15) is 5.60 Å². The van der Waals surface area contributed by atoms with Gasteiger partial charge in [-0.15, -0.1) is 0 Å². The zero-order chi connectivity index (χ0) is 17.8. The van der Waals surface area contributed by atoms with Gasteiger partial charge in [0.05, 0.1) is 10.4 Å². The van der Waals surface area contributed by atoms with E-state index in [0.717, 1.165) is 5.56 Å². The Bertz CT molecular complexity index is 744. The Morgan fingerprint density at radius 2 is 1.83 bits per heavy atom. The quantitative estimate of drug-likeness (QED) is 0.906. The van der Waals surface area contributed by atoms with Crippen LogP contribution < -0.4 is 5.32 Å². The first kappa shape index (κ1) is 17.2. The number of hydrogen-bond acceptors (Lipinski definition) is 4. The summed E-state index contributed by atoms with van der Waals surface area (Å²) in [5.74, 6) is 0. The van der Waals surface area contributed by atoms with E-state index in [2.05, 4.69) is 5.32 Å². The predicted octanol–water partition coefficient (Wildman–Crippen LogP) is 2.43. The lowest BCUT2D eigenvalue weighted by Gasteiger charge is -2.38. The van der Waals surface area contributed by atoms with Crippen molar-refractivity contribution in [2.75, 3.05) is 6.54 Å². The highest BCUT2D eigenvalue weighted by atomic mass is 32.2. The lowest BCUT2D eigenvalue weighted by Crippen LogP contribution is -2.55. The monoisotopic (exact) mass is 352 g/mol. The van der Waals surface area contributed by atoms with E-state index in [-0.39, 0.29) is 6.04 Å². The van der Waals surface area contributed by atoms with Crippen molar-refractivity contribution in [1.29, 1.82) is 0 Å². The number of alkyl carbamates (subject to hydrolysis) is 1. The molecule has 0 atom stereocenters. The highest BCUT2D eigenvalue weighted by Gasteiger charge is 2.59. The Hall–Kier alpha value is -1.60. The zero-order valence-electron chi connectivity index (χ0n) is 14.5. The number of aryl methyl sites for hydroxylation is 1. The van der Waals surface area contributed by atoms with Crippen LogP contribution in [-0.4, -0.2) is 42.5 Å². The maximum atomic E-state index is 12.8. The van der Waals surface area contributed by atoms with Crippen molar-refractivity contribution in [1.82, 2.24) is 9.62 Å². The summed E-state index contributed by atoms with van der Waals surface area (Å²) in [6, 6.07) is 6.80. The average molecular weight is 352 g/mol. The largest absolute Gasteiger partial charge is 0.444 e. The fraction of sp³-hybridized carbons (Fsp3) is 0.588. The molecule has 6 nitrogen and oxygen atoms in total. The Morgan fingerprint density at radius 3 is 2.38 bits per heavy atom. The molecular weight excluding hydrogens is 328 g/mol. The smallest absolute Gasteiger partial charge is 0.408 e. The number of hydrogen-bond donors (Lipinski definition) is 1. The number of rotatable bonds is 3. The molecule has 132 valence electrons. The fourth-order valence-corrected chi connectivity index (χ4v) is 5.10. The highest BCUT2D eigenvalue weighted by Crippen LogP contribution is 2.47. The molecule has 2 bridgehead atoms. The highest BCUT2D eigenvalue weighted by molar-refractivity contribution is 7.89. The van der Waals surface area contributed by atoms with Gasteiger partial charge in [-0.25, -0.2) is 13.2 Å². The van der Waals surface area contributed by atoms with Crippen molar-refractivity contribution < 1.29 is 17.9 Å². The summed E-state index contributed by atoms with van der Waals surface area (Å²) in [6.45, 7) is 7.62. The standard InChI is InChI=1S/C17H24N2O4S/c1-12-5-7-14(8-6-12)24(21,22)19-11-17(9-13(19)10-17)18-15(20)23-16(2,3)4/h5-8,13H,9-11H2,1-4H3,(H,18,20). The minimum Gasteiger partial charge on any atom is -0.444 e. The molecular formula is C17H24N2O4S. The first-order valence-electron chi connectivity index (χ1n) is 8.11. The number of amides is 1. The maximum absolute atomic E-state index is 12.8. The average Bonchev–Trinajstić information content (AvgIpc) is 2.92. The summed E-state index contributed by atoms with van der Waals surface area (Å²) < 4.78 is 32.4. The van der Waals surface area contributed by atoms with E-state index < -0.39 is 27.3 Å². The summed E-state index contributed by atoms with van der Waals surface area (Å²) >= 11 is 0. The number of nitrogens with one attached hydrogen (secondary N) is 1. The second-order valence-corrected chi connectivity index (χ2v) is 9.72. The van der Waals surface area contributed by atoms with Crippen LogP contribution in [0.4, 0.5) is 4.79 Å². The third kappa shape index (κ3) is 3.15. The fourth-order valence-electron chi connectivity index (χ4n) is 3.39. The minimum absolute atomic E-state index is 0.0498. The molecule has 0 spiro atoms. The van der Waals surface area contributed by atoms with E-state index in [9.17, 15) is 13.2 Å². The molecule has 1 aromatic rings. The molecule has 1 N–H and O–H groups in total. The topological polar surface area (TPSA) is 75.7 Å². The van der Waals surface area contributed by atoms with Gasteiger partial charge in [-0.3, -0.25) is 0 Å². The number of ether oxygens (including phenoxy) is 1. The third-order valence-corrected chi connectivity index (χ3v) is 6.42. The van der Waals surface area contributed by atoms with Gasteiger partial charge in [0.2, 0.25) is 10.0 Å².